The molecule has 82 valence electrons. The molecule has 0 aromatic carbocycles. The fourth-order valence-electron chi connectivity index (χ4n) is 1.19. The van der Waals surface area contributed by atoms with Gasteiger partial charge in [-0.1, -0.05) is 5.16 Å². The van der Waals surface area contributed by atoms with E-state index in [0.717, 1.165) is 0 Å². The summed E-state index contributed by atoms with van der Waals surface area (Å²) in [6.07, 6.45) is 1.80. The van der Waals surface area contributed by atoms with Gasteiger partial charge in [-0.25, -0.2) is 0 Å². The minimum absolute atomic E-state index is 0.110. The molecule has 0 saturated heterocycles. The number of oxime groups is 1. The molecule has 0 atom stereocenters. The number of nitrogens with two attached hydrogens (primary N) is 1. The van der Waals surface area contributed by atoms with Crippen LogP contribution in [0.25, 0.3) is 0 Å². The SMILES string of the molecule is N/C(=N/O)c1cccn(CCCF)c1=O. The Kier molecular flexibility index (Phi) is 3.84. The standard InChI is InChI=1S/C9H12FN3O2/c10-4-2-6-13-5-1-3-7(9(13)14)8(11)12-15/h1,3,5,15H,2,4,6H2,(H2,11,12). The molecule has 6 heteroatoms. The summed E-state index contributed by atoms with van der Waals surface area (Å²) in [5, 5.41) is 11.2. The monoisotopic (exact) mass is 213 g/mol. The van der Waals surface area contributed by atoms with Gasteiger partial charge in [0.15, 0.2) is 5.84 Å². The summed E-state index contributed by atoms with van der Waals surface area (Å²) >= 11 is 0. The maximum absolute atomic E-state index is 11.9. The maximum Gasteiger partial charge on any atom is 0.261 e. The van der Waals surface area contributed by atoms with E-state index in [9.17, 15) is 9.18 Å². The molecule has 0 aliphatic heterocycles. The van der Waals surface area contributed by atoms with Crippen molar-refractivity contribution in [3.8, 4) is 0 Å². The van der Waals surface area contributed by atoms with E-state index in [0.29, 0.717) is 0 Å². The normalized spacial score (nSPS) is 11.7. The number of hydrogen-bond acceptors (Lipinski definition) is 3. The fraction of sp³-hybridized carbons (Fsp3) is 0.333. The lowest BCUT2D eigenvalue weighted by molar-refractivity contribution is 0.318. The van der Waals surface area contributed by atoms with Crippen molar-refractivity contribution in [1.29, 1.82) is 0 Å². The number of pyridine rings is 1. The lowest BCUT2D eigenvalue weighted by Crippen LogP contribution is -2.29. The van der Waals surface area contributed by atoms with Crippen LogP contribution in [0, 0.1) is 0 Å². The number of nitrogens with zero attached hydrogens (tertiary/aromatic N) is 2. The summed E-state index contributed by atoms with van der Waals surface area (Å²) in [7, 11) is 0. The van der Waals surface area contributed by atoms with E-state index in [1.807, 2.05) is 0 Å². The summed E-state index contributed by atoms with van der Waals surface area (Å²) < 4.78 is 13.3. The average Bonchev–Trinajstić information content (AvgIpc) is 2.27. The molecule has 0 saturated carbocycles. The van der Waals surface area contributed by atoms with E-state index in [1.54, 1.807) is 6.07 Å². The number of halogens is 1. The molecule has 1 heterocycles. The predicted octanol–water partition coefficient (Wildman–Crippen LogP) is 0.302. The van der Waals surface area contributed by atoms with Crippen molar-refractivity contribution < 1.29 is 9.60 Å². The zero-order valence-corrected chi connectivity index (χ0v) is 8.06. The molecule has 1 rings (SSSR count). The first kappa shape index (κ1) is 11.2. The first-order valence-corrected chi connectivity index (χ1v) is 4.44. The molecule has 0 bridgehead atoms. The smallest absolute Gasteiger partial charge is 0.261 e. The van der Waals surface area contributed by atoms with Gasteiger partial charge in [-0.3, -0.25) is 9.18 Å². The molecule has 0 radical (unpaired) electrons. The number of hydrogen-bond donors (Lipinski definition) is 2. The van der Waals surface area contributed by atoms with Crippen LogP contribution in [0.15, 0.2) is 28.3 Å². The molecule has 0 fully saturated rings. The third-order valence-electron chi connectivity index (χ3n) is 1.94. The second-order valence-corrected chi connectivity index (χ2v) is 2.95. The third-order valence-corrected chi connectivity index (χ3v) is 1.94. The largest absolute Gasteiger partial charge is 0.409 e. The molecular weight excluding hydrogens is 201 g/mol. The van der Waals surface area contributed by atoms with E-state index >= 15 is 0 Å². The van der Waals surface area contributed by atoms with Crippen molar-refractivity contribution >= 4 is 5.84 Å². The van der Waals surface area contributed by atoms with E-state index in [1.165, 1.54) is 16.8 Å². The first-order valence-electron chi connectivity index (χ1n) is 4.44. The van der Waals surface area contributed by atoms with Crippen LogP contribution in [0.3, 0.4) is 0 Å². The number of rotatable bonds is 4. The van der Waals surface area contributed by atoms with Gasteiger partial charge in [-0.2, -0.15) is 0 Å². The summed E-state index contributed by atoms with van der Waals surface area (Å²) in [4.78, 5) is 11.6. The lowest BCUT2D eigenvalue weighted by atomic mass is 10.2. The van der Waals surface area contributed by atoms with Crippen LogP contribution in [-0.2, 0) is 6.54 Å². The topological polar surface area (TPSA) is 80.6 Å². The molecule has 0 aliphatic carbocycles. The first-order chi connectivity index (χ1) is 7.20. The van der Waals surface area contributed by atoms with Gasteiger partial charge in [0.2, 0.25) is 0 Å². The highest BCUT2D eigenvalue weighted by atomic mass is 19.1. The van der Waals surface area contributed by atoms with Crippen molar-refractivity contribution in [3.63, 3.8) is 0 Å². The van der Waals surface area contributed by atoms with Crippen LogP contribution in [0.5, 0.6) is 0 Å². The van der Waals surface area contributed by atoms with Crippen molar-refractivity contribution in [2.75, 3.05) is 6.67 Å². The fourth-order valence-corrected chi connectivity index (χ4v) is 1.19. The molecule has 0 spiro atoms. The van der Waals surface area contributed by atoms with Gasteiger partial charge in [0.25, 0.3) is 5.56 Å². The van der Waals surface area contributed by atoms with Gasteiger partial charge in [0.05, 0.1) is 12.2 Å². The van der Waals surface area contributed by atoms with Gasteiger partial charge in [0, 0.05) is 12.7 Å². The van der Waals surface area contributed by atoms with Crippen molar-refractivity contribution in [2.24, 2.45) is 10.9 Å². The van der Waals surface area contributed by atoms with Crippen LogP contribution >= 0.6 is 0 Å². The summed E-state index contributed by atoms with van der Waals surface area (Å²) in [5.41, 5.74) is 5.03. The molecule has 0 unspecified atom stereocenters. The molecule has 1 aromatic heterocycles. The molecule has 0 amide bonds. The van der Waals surface area contributed by atoms with Crippen molar-refractivity contribution in [3.05, 3.63) is 34.2 Å². The molecular formula is C9H12FN3O2. The van der Waals surface area contributed by atoms with E-state index in [-0.39, 0.29) is 29.9 Å². The Hall–Kier alpha value is -1.85. The quantitative estimate of drug-likeness (QED) is 0.327. The van der Waals surface area contributed by atoms with Gasteiger partial charge >= 0.3 is 0 Å². The zero-order valence-electron chi connectivity index (χ0n) is 8.06. The highest BCUT2D eigenvalue weighted by molar-refractivity contribution is 5.96. The van der Waals surface area contributed by atoms with Crippen LogP contribution in [0.2, 0.25) is 0 Å². The number of amidine groups is 1. The Bertz CT molecular complexity index is 414. The van der Waals surface area contributed by atoms with Gasteiger partial charge < -0.3 is 15.5 Å². The summed E-state index contributed by atoms with van der Waals surface area (Å²) in [5.74, 6) is -0.241. The molecule has 5 nitrogen and oxygen atoms in total. The molecule has 3 N–H and O–H groups in total. The highest BCUT2D eigenvalue weighted by Gasteiger charge is 2.06. The summed E-state index contributed by atoms with van der Waals surface area (Å²) in [6, 6.07) is 3.04. The number of aromatic nitrogens is 1. The van der Waals surface area contributed by atoms with Crippen molar-refractivity contribution in [1.82, 2.24) is 4.57 Å². The Morgan fingerprint density at radius 1 is 1.67 bits per heavy atom. The maximum atomic E-state index is 11.9. The van der Waals surface area contributed by atoms with Gasteiger partial charge in [-0.15, -0.1) is 0 Å². The minimum atomic E-state index is -0.486. The highest BCUT2D eigenvalue weighted by Crippen LogP contribution is 1.94. The molecule has 0 aliphatic rings. The number of alkyl halides is 1. The molecule has 15 heavy (non-hydrogen) atoms. The minimum Gasteiger partial charge on any atom is -0.409 e. The Morgan fingerprint density at radius 3 is 3.00 bits per heavy atom. The lowest BCUT2D eigenvalue weighted by Gasteiger charge is -2.05. The summed E-state index contributed by atoms with van der Waals surface area (Å²) in [6.45, 7) is -0.206. The number of aryl methyl sites for hydroxylation is 1. The zero-order chi connectivity index (χ0) is 11.3. The van der Waals surface area contributed by atoms with Crippen LogP contribution in [0.1, 0.15) is 12.0 Å². The Labute approximate surface area is 85.6 Å². The predicted molar refractivity (Wildman–Crippen MR) is 53.8 cm³/mol. The van der Waals surface area contributed by atoms with E-state index < -0.39 is 6.67 Å². The van der Waals surface area contributed by atoms with Crippen molar-refractivity contribution in [2.45, 2.75) is 13.0 Å². The second-order valence-electron chi connectivity index (χ2n) is 2.95. The van der Waals surface area contributed by atoms with Crippen LogP contribution in [0.4, 0.5) is 4.39 Å². The van der Waals surface area contributed by atoms with E-state index in [2.05, 4.69) is 5.16 Å². The Balaban J connectivity index is 3.06. The Morgan fingerprint density at radius 2 is 2.40 bits per heavy atom. The van der Waals surface area contributed by atoms with Gasteiger partial charge in [-0.05, 0) is 18.6 Å². The van der Waals surface area contributed by atoms with Crippen LogP contribution in [-0.4, -0.2) is 22.3 Å². The molecule has 1 aromatic rings. The van der Waals surface area contributed by atoms with E-state index in [4.69, 9.17) is 10.9 Å². The van der Waals surface area contributed by atoms with Crippen LogP contribution < -0.4 is 11.3 Å². The van der Waals surface area contributed by atoms with Gasteiger partial charge in [0.1, 0.15) is 0 Å². The second kappa shape index (κ2) is 5.14. The average molecular weight is 213 g/mol. The third kappa shape index (κ3) is 2.55.